The molecule has 1 unspecified atom stereocenters. The largest absolute Gasteiger partial charge is 0.394 e. The van der Waals surface area contributed by atoms with Crippen LogP contribution in [0.2, 0.25) is 0 Å². The SMILES string of the molecule is OCc1nnn(CC(O)CO)c1-c1ccncc1. The Balaban J connectivity index is 2.40. The molecule has 0 aliphatic rings. The highest BCUT2D eigenvalue weighted by atomic mass is 16.3. The van der Waals surface area contributed by atoms with Crippen molar-refractivity contribution in [2.75, 3.05) is 6.61 Å². The molecule has 0 saturated heterocycles. The number of pyridine rings is 1. The van der Waals surface area contributed by atoms with Gasteiger partial charge in [-0.1, -0.05) is 5.21 Å². The van der Waals surface area contributed by atoms with Crippen molar-refractivity contribution < 1.29 is 15.3 Å². The van der Waals surface area contributed by atoms with Gasteiger partial charge < -0.3 is 15.3 Å². The van der Waals surface area contributed by atoms with Gasteiger partial charge in [0, 0.05) is 18.0 Å². The Hall–Kier alpha value is -1.83. The number of nitrogens with zero attached hydrogens (tertiary/aromatic N) is 4. The summed E-state index contributed by atoms with van der Waals surface area (Å²) in [7, 11) is 0. The monoisotopic (exact) mass is 250 g/mol. The summed E-state index contributed by atoms with van der Waals surface area (Å²) in [6.45, 7) is -0.488. The molecule has 7 heteroatoms. The summed E-state index contributed by atoms with van der Waals surface area (Å²) < 4.78 is 1.46. The zero-order valence-electron chi connectivity index (χ0n) is 9.64. The third-order valence-electron chi connectivity index (χ3n) is 2.50. The van der Waals surface area contributed by atoms with Crippen molar-refractivity contribution in [3.05, 3.63) is 30.2 Å². The first kappa shape index (κ1) is 12.6. The van der Waals surface area contributed by atoms with Crippen molar-refractivity contribution in [1.82, 2.24) is 20.0 Å². The lowest BCUT2D eigenvalue weighted by Gasteiger charge is -2.10. The summed E-state index contributed by atoms with van der Waals surface area (Å²) in [5.74, 6) is 0. The summed E-state index contributed by atoms with van der Waals surface area (Å²) in [6, 6.07) is 3.53. The van der Waals surface area contributed by atoms with Crippen LogP contribution < -0.4 is 0 Å². The van der Waals surface area contributed by atoms with Crippen molar-refractivity contribution in [3.8, 4) is 11.3 Å². The molecule has 2 aromatic rings. The van der Waals surface area contributed by atoms with Crippen molar-refractivity contribution in [1.29, 1.82) is 0 Å². The van der Waals surface area contributed by atoms with Gasteiger partial charge in [-0.2, -0.15) is 0 Å². The van der Waals surface area contributed by atoms with Crippen molar-refractivity contribution in [2.45, 2.75) is 19.3 Å². The summed E-state index contributed by atoms with van der Waals surface area (Å²) in [6.07, 6.45) is 2.32. The van der Waals surface area contributed by atoms with Crippen LogP contribution in [0.4, 0.5) is 0 Å². The zero-order chi connectivity index (χ0) is 13.0. The molecule has 0 spiro atoms. The van der Waals surface area contributed by atoms with Crippen molar-refractivity contribution >= 4 is 0 Å². The molecule has 0 aliphatic heterocycles. The van der Waals surface area contributed by atoms with Gasteiger partial charge in [0.15, 0.2) is 0 Å². The first-order valence-electron chi connectivity index (χ1n) is 5.48. The van der Waals surface area contributed by atoms with E-state index >= 15 is 0 Å². The maximum atomic E-state index is 9.45. The third-order valence-corrected chi connectivity index (χ3v) is 2.50. The maximum absolute atomic E-state index is 9.45. The molecule has 2 heterocycles. The van der Waals surface area contributed by atoms with Crippen LogP contribution in [0.25, 0.3) is 11.3 Å². The first-order chi connectivity index (χ1) is 8.76. The van der Waals surface area contributed by atoms with E-state index in [-0.39, 0.29) is 19.8 Å². The van der Waals surface area contributed by atoms with E-state index in [0.29, 0.717) is 11.4 Å². The molecule has 1 atom stereocenters. The fourth-order valence-electron chi connectivity index (χ4n) is 1.67. The van der Waals surface area contributed by atoms with Gasteiger partial charge in [-0.05, 0) is 12.1 Å². The Morgan fingerprint density at radius 3 is 2.56 bits per heavy atom. The summed E-state index contributed by atoms with van der Waals surface area (Å²) >= 11 is 0. The molecule has 0 radical (unpaired) electrons. The van der Waals surface area contributed by atoms with E-state index in [2.05, 4.69) is 15.3 Å². The highest BCUT2D eigenvalue weighted by Crippen LogP contribution is 2.21. The van der Waals surface area contributed by atoms with Crippen LogP contribution in [0.1, 0.15) is 5.69 Å². The van der Waals surface area contributed by atoms with Crippen LogP contribution in [-0.4, -0.2) is 48.0 Å². The Morgan fingerprint density at radius 1 is 1.22 bits per heavy atom. The Bertz CT molecular complexity index is 500. The molecule has 2 aromatic heterocycles. The highest BCUT2D eigenvalue weighted by molar-refractivity contribution is 5.60. The molecule has 7 nitrogen and oxygen atoms in total. The van der Waals surface area contributed by atoms with Gasteiger partial charge in [0.05, 0.1) is 31.6 Å². The van der Waals surface area contributed by atoms with E-state index < -0.39 is 6.10 Å². The Morgan fingerprint density at radius 2 is 1.94 bits per heavy atom. The number of rotatable bonds is 5. The number of aromatic nitrogens is 4. The van der Waals surface area contributed by atoms with E-state index in [9.17, 15) is 10.2 Å². The molecule has 3 N–H and O–H groups in total. The van der Waals surface area contributed by atoms with E-state index in [1.165, 1.54) is 4.68 Å². The van der Waals surface area contributed by atoms with Crippen molar-refractivity contribution in [2.24, 2.45) is 0 Å². The van der Waals surface area contributed by atoms with Crippen LogP contribution in [0, 0.1) is 0 Å². The van der Waals surface area contributed by atoms with Gasteiger partial charge in [-0.3, -0.25) is 4.98 Å². The second kappa shape index (κ2) is 5.67. The van der Waals surface area contributed by atoms with E-state index in [1.54, 1.807) is 24.5 Å². The standard InChI is InChI=1S/C11H14N4O3/c16-6-9(18)5-15-11(10(7-17)13-14-15)8-1-3-12-4-2-8/h1-4,9,16-18H,5-7H2. The molecule has 0 saturated carbocycles. The quantitative estimate of drug-likeness (QED) is 0.641. The van der Waals surface area contributed by atoms with Gasteiger partial charge in [-0.25, -0.2) is 4.68 Å². The van der Waals surface area contributed by atoms with Crippen molar-refractivity contribution in [3.63, 3.8) is 0 Å². The number of aliphatic hydroxyl groups is 3. The molecule has 0 aliphatic carbocycles. The van der Waals surface area contributed by atoms with Crippen LogP contribution in [0.5, 0.6) is 0 Å². The number of hydrogen-bond donors (Lipinski definition) is 3. The normalized spacial score (nSPS) is 12.6. The molecule has 18 heavy (non-hydrogen) atoms. The number of hydrogen-bond acceptors (Lipinski definition) is 6. The zero-order valence-corrected chi connectivity index (χ0v) is 9.64. The molecule has 0 amide bonds. The molecule has 0 fully saturated rings. The lowest BCUT2D eigenvalue weighted by Crippen LogP contribution is -2.21. The maximum Gasteiger partial charge on any atom is 0.116 e. The minimum Gasteiger partial charge on any atom is -0.394 e. The van der Waals surface area contributed by atoms with Gasteiger partial charge in [0.25, 0.3) is 0 Å². The lowest BCUT2D eigenvalue weighted by molar-refractivity contribution is 0.0782. The molecule has 96 valence electrons. The smallest absolute Gasteiger partial charge is 0.116 e. The van der Waals surface area contributed by atoms with Gasteiger partial charge >= 0.3 is 0 Å². The van der Waals surface area contributed by atoms with Gasteiger partial charge in [0.1, 0.15) is 5.69 Å². The Labute approximate surface area is 103 Å². The molecular formula is C11H14N4O3. The summed E-state index contributed by atoms with van der Waals surface area (Å²) in [5.41, 5.74) is 1.84. The summed E-state index contributed by atoms with van der Waals surface area (Å²) in [5, 5.41) is 35.3. The molecule has 2 rings (SSSR count). The van der Waals surface area contributed by atoms with Gasteiger partial charge in [0.2, 0.25) is 0 Å². The lowest BCUT2D eigenvalue weighted by atomic mass is 10.1. The fraction of sp³-hybridized carbons (Fsp3) is 0.364. The third kappa shape index (κ3) is 2.53. The van der Waals surface area contributed by atoms with E-state index in [0.717, 1.165) is 5.56 Å². The topological polar surface area (TPSA) is 104 Å². The molecular weight excluding hydrogens is 236 g/mol. The van der Waals surface area contributed by atoms with Crippen LogP contribution >= 0.6 is 0 Å². The van der Waals surface area contributed by atoms with Crippen LogP contribution in [0.15, 0.2) is 24.5 Å². The fourth-order valence-corrected chi connectivity index (χ4v) is 1.67. The molecule has 0 bridgehead atoms. The predicted molar refractivity (Wildman–Crippen MR) is 62.3 cm³/mol. The number of aliphatic hydroxyl groups excluding tert-OH is 3. The average Bonchev–Trinajstić information content (AvgIpc) is 2.82. The first-order valence-corrected chi connectivity index (χ1v) is 5.48. The Kier molecular flexibility index (Phi) is 3.98. The average molecular weight is 250 g/mol. The van der Waals surface area contributed by atoms with Gasteiger partial charge in [-0.15, -0.1) is 5.10 Å². The van der Waals surface area contributed by atoms with Crippen LogP contribution in [-0.2, 0) is 13.2 Å². The minimum atomic E-state index is -0.918. The van der Waals surface area contributed by atoms with E-state index in [4.69, 9.17) is 5.11 Å². The highest BCUT2D eigenvalue weighted by Gasteiger charge is 2.16. The second-order valence-corrected chi connectivity index (χ2v) is 3.80. The second-order valence-electron chi connectivity index (χ2n) is 3.80. The summed E-state index contributed by atoms with van der Waals surface area (Å²) in [4.78, 5) is 3.92. The molecule has 0 aromatic carbocycles. The van der Waals surface area contributed by atoms with Crippen LogP contribution in [0.3, 0.4) is 0 Å². The van der Waals surface area contributed by atoms with E-state index in [1.807, 2.05) is 0 Å². The predicted octanol–water partition coefficient (Wildman–Crippen LogP) is -0.814. The minimum absolute atomic E-state index is 0.112.